The summed E-state index contributed by atoms with van der Waals surface area (Å²) in [5.41, 5.74) is 5.79. The van der Waals surface area contributed by atoms with Gasteiger partial charge in [-0.25, -0.2) is 0 Å². The van der Waals surface area contributed by atoms with Crippen molar-refractivity contribution in [3.63, 3.8) is 0 Å². The van der Waals surface area contributed by atoms with E-state index in [9.17, 15) is 0 Å². The molecule has 1 heterocycles. The van der Waals surface area contributed by atoms with Gasteiger partial charge in [0.2, 0.25) is 0 Å². The van der Waals surface area contributed by atoms with Crippen LogP contribution in [-0.4, -0.2) is 26.2 Å². The van der Waals surface area contributed by atoms with Crippen LogP contribution in [0.15, 0.2) is 12.1 Å². The summed E-state index contributed by atoms with van der Waals surface area (Å²) in [7, 11) is 0. The molecule has 1 atom stereocenters. The summed E-state index contributed by atoms with van der Waals surface area (Å²) in [6, 6.07) is 4.60. The van der Waals surface area contributed by atoms with Crippen molar-refractivity contribution < 1.29 is 0 Å². The molecule has 1 saturated heterocycles. The minimum atomic E-state index is 0.898. The number of rotatable bonds is 6. The lowest BCUT2D eigenvalue weighted by Crippen LogP contribution is -2.22. The molecule has 2 rings (SSSR count). The van der Waals surface area contributed by atoms with Crippen molar-refractivity contribution in [1.82, 2.24) is 10.6 Å². The molecule has 1 aromatic carbocycles. The molecule has 0 bridgehead atoms. The molecular formula is C17H28N2. The fraction of sp³-hybridized carbons (Fsp3) is 0.647. The van der Waals surface area contributed by atoms with Crippen molar-refractivity contribution in [2.24, 2.45) is 5.92 Å². The molecule has 0 radical (unpaired) electrons. The van der Waals surface area contributed by atoms with Crippen molar-refractivity contribution >= 4 is 0 Å². The van der Waals surface area contributed by atoms with Gasteiger partial charge < -0.3 is 10.6 Å². The van der Waals surface area contributed by atoms with E-state index in [1.54, 1.807) is 0 Å². The van der Waals surface area contributed by atoms with E-state index in [1.807, 2.05) is 0 Å². The molecule has 1 unspecified atom stereocenters. The standard InChI is InChI=1S/C17H28N2/c1-13-10-14(2)17(15(3)11-13)6-9-18-7-4-16-5-8-19-12-16/h10-11,16,18-19H,4-9,12H2,1-3H3. The third-order valence-corrected chi connectivity index (χ3v) is 4.28. The average Bonchev–Trinajstić information content (AvgIpc) is 2.84. The minimum absolute atomic E-state index is 0.898. The maximum absolute atomic E-state index is 3.60. The summed E-state index contributed by atoms with van der Waals surface area (Å²) in [5, 5.41) is 7.03. The number of benzene rings is 1. The predicted octanol–water partition coefficient (Wildman–Crippen LogP) is 2.74. The van der Waals surface area contributed by atoms with Crippen molar-refractivity contribution in [3.8, 4) is 0 Å². The lowest BCUT2D eigenvalue weighted by molar-refractivity contribution is 0.501. The molecule has 1 aliphatic rings. The SMILES string of the molecule is Cc1cc(C)c(CCNCCC2CCNC2)c(C)c1. The van der Waals surface area contributed by atoms with Crippen molar-refractivity contribution in [1.29, 1.82) is 0 Å². The highest BCUT2D eigenvalue weighted by atomic mass is 14.9. The second-order valence-electron chi connectivity index (χ2n) is 6.02. The van der Waals surface area contributed by atoms with E-state index in [2.05, 4.69) is 43.5 Å². The third-order valence-electron chi connectivity index (χ3n) is 4.28. The minimum Gasteiger partial charge on any atom is -0.316 e. The molecule has 2 N–H and O–H groups in total. The maximum Gasteiger partial charge on any atom is -0.000815 e. The largest absolute Gasteiger partial charge is 0.316 e. The zero-order chi connectivity index (χ0) is 13.7. The second kappa shape index (κ2) is 7.06. The Hall–Kier alpha value is -0.860. The molecule has 0 aromatic heterocycles. The van der Waals surface area contributed by atoms with Crippen LogP contribution < -0.4 is 10.6 Å². The summed E-state index contributed by atoms with van der Waals surface area (Å²) in [4.78, 5) is 0. The third kappa shape index (κ3) is 4.32. The first-order valence-corrected chi connectivity index (χ1v) is 7.65. The molecule has 0 amide bonds. The van der Waals surface area contributed by atoms with Gasteiger partial charge in [0, 0.05) is 0 Å². The van der Waals surface area contributed by atoms with Crippen LogP contribution in [0.3, 0.4) is 0 Å². The van der Waals surface area contributed by atoms with Crippen molar-refractivity contribution in [2.45, 2.75) is 40.0 Å². The number of nitrogens with one attached hydrogen (secondary N) is 2. The first-order chi connectivity index (χ1) is 9.16. The molecule has 0 saturated carbocycles. The molecule has 1 aromatic rings. The van der Waals surface area contributed by atoms with Gasteiger partial charge in [0.15, 0.2) is 0 Å². The van der Waals surface area contributed by atoms with Gasteiger partial charge in [-0.3, -0.25) is 0 Å². The smallest absolute Gasteiger partial charge is 0.000815 e. The van der Waals surface area contributed by atoms with Crippen LogP contribution in [0.2, 0.25) is 0 Å². The van der Waals surface area contributed by atoms with E-state index in [0.29, 0.717) is 0 Å². The Labute approximate surface area is 118 Å². The van der Waals surface area contributed by atoms with E-state index < -0.39 is 0 Å². The summed E-state index contributed by atoms with van der Waals surface area (Å²) in [6.45, 7) is 11.3. The molecule has 1 fully saturated rings. The Balaban J connectivity index is 1.70. The average molecular weight is 260 g/mol. The second-order valence-corrected chi connectivity index (χ2v) is 6.02. The zero-order valence-electron chi connectivity index (χ0n) is 12.7. The molecule has 2 heteroatoms. The summed E-state index contributed by atoms with van der Waals surface area (Å²) >= 11 is 0. The molecule has 19 heavy (non-hydrogen) atoms. The molecular weight excluding hydrogens is 232 g/mol. The highest BCUT2D eigenvalue weighted by molar-refractivity contribution is 5.37. The quantitative estimate of drug-likeness (QED) is 0.769. The number of hydrogen-bond acceptors (Lipinski definition) is 2. The Bertz CT molecular complexity index is 383. The highest BCUT2D eigenvalue weighted by Crippen LogP contribution is 2.16. The van der Waals surface area contributed by atoms with E-state index in [1.165, 1.54) is 48.2 Å². The van der Waals surface area contributed by atoms with Gasteiger partial charge in [-0.2, -0.15) is 0 Å². The van der Waals surface area contributed by atoms with Crippen LogP contribution in [0, 0.1) is 26.7 Å². The van der Waals surface area contributed by atoms with E-state index in [-0.39, 0.29) is 0 Å². The van der Waals surface area contributed by atoms with Gasteiger partial charge in [0.25, 0.3) is 0 Å². The van der Waals surface area contributed by atoms with Gasteiger partial charge in [0.1, 0.15) is 0 Å². The molecule has 106 valence electrons. The Morgan fingerprint density at radius 3 is 2.53 bits per heavy atom. The summed E-state index contributed by atoms with van der Waals surface area (Å²) in [5.74, 6) is 0.898. The van der Waals surface area contributed by atoms with Crippen LogP contribution in [0.1, 0.15) is 35.1 Å². The Morgan fingerprint density at radius 1 is 1.16 bits per heavy atom. The first kappa shape index (κ1) is 14.5. The molecule has 2 nitrogen and oxygen atoms in total. The van der Waals surface area contributed by atoms with E-state index in [0.717, 1.165) is 25.4 Å². The van der Waals surface area contributed by atoms with Crippen LogP contribution in [0.4, 0.5) is 0 Å². The molecule has 0 aliphatic carbocycles. The monoisotopic (exact) mass is 260 g/mol. The topological polar surface area (TPSA) is 24.1 Å². The highest BCUT2D eigenvalue weighted by Gasteiger charge is 2.13. The molecule has 0 spiro atoms. The van der Waals surface area contributed by atoms with Gasteiger partial charge in [-0.05, 0) is 88.8 Å². The van der Waals surface area contributed by atoms with Crippen LogP contribution in [0.25, 0.3) is 0 Å². The van der Waals surface area contributed by atoms with E-state index in [4.69, 9.17) is 0 Å². The van der Waals surface area contributed by atoms with Gasteiger partial charge in [-0.1, -0.05) is 17.7 Å². The lowest BCUT2D eigenvalue weighted by atomic mass is 9.97. The fourth-order valence-corrected chi connectivity index (χ4v) is 3.21. The first-order valence-electron chi connectivity index (χ1n) is 7.65. The fourth-order valence-electron chi connectivity index (χ4n) is 3.21. The Morgan fingerprint density at radius 2 is 1.89 bits per heavy atom. The van der Waals surface area contributed by atoms with Crippen molar-refractivity contribution in [3.05, 3.63) is 34.4 Å². The Kier molecular flexibility index (Phi) is 5.41. The normalized spacial score (nSPS) is 19.0. The van der Waals surface area contributed by atoms with Gasteiger partial charge in [-0.15, -0.1) is 0 Å². The zero-order valence-corrected chi connectivity index (χ0v) is 12.7. The van der Waals surface area contributed by atoms with Crippen LogP contribution in [-0.2, 0) is 6.42 Å². The number of aryl methyl sites for hydroxylation is 3. The van der Waals surface area contributed by atoms with Gasteiger partial charge >= 0.3 is 0 Å². The lowest BCUT2D eigenvalue weighted by Gasteiger charge is -2.13. The number of hydrogen-bond donors (Lipinski definition) is 2. The van der Waals surface area contributed by atoms with Crippen LogP contribution >= 0.6 is 0 Å². The van der Waals surface area contributed by atoms with Crippen LogP contribution in [0.5, 0.6) is 0 Å². The summed E-state index contributed by atoms with van der Waals surface area (Å²) < 4.78 is 0. The maximum atomic E-state index is 3.60. The summed E-state index contributed by atoms with van der Waals surface area (Å²) in [6.07, 6.45) is 3.83. The van der Waals surface area contributed by atoms with Crippen molar-refractivity contribution in [2.75, 3.05) is 26.2 Å². The van der Waals surface area contributed by atoms with E-state index >= 15 is 0 Å². The predicted molar refractivity (Wildman–Crippen MR) is 82.8 cm³/mol. The molecule has 1 aliphatic heterocycles. The van der Waals surface area contributed by atoms with Gasteiger partial charge in [0.05, 0.1) is 0 Å².